The molecule has 0 spiro atoms. The zero-order chi connectivity index (χ0) is 14.8. The Morgan fingerprint density at radius 1 is 1.19 bits per heavy atom. The second kappa shape index (κ2) is 5.28. The van der Waals surface area contributed by atoms with E-state index in [1.54, 1.807) is 11.5 Å². The lowest BCUT2D eigenvalue weighted by atomic mass is 10.2. The van der Waals surface area contributed by atoms with Gasteiger partial charge in [0.1, 0.15) is 17.1 Å². The first kappa shape index (κ1) is 13.2. The summed E-state index contributed by atoms with van der Waals surface area (Å²) in [6.45, 7) is 0. The number of pyridine rings is 1. The van der Waals surface area contributed by atoms with Gasteiger partial charge in [-0.1, -0.05) is 18.2 Å². The summed E-state index contributed by atoms with van der Waals surface area (Å²) in [5.41, 5.74) is 2.10. The van der Waals surface area contributed by atoms with Gasteiger partial charge in [-0.3, -0.25) is 9.20 Å². The van der Waals surface area contributed by atoms with E-state index in [1.165, 1.54) is 0 Å². The maximum Gasteiger partial charge on any atom is 0.170 e. The van der Waals surface area contributed by atoms with Crippen LogP contribution in [0.15, 0.2) is 48.7 Å². The number of para-hydroxylation sites is 2. The second-order valence-electron chi connectivity index (χ2n) is 4.60. The highest BCUT2D eigenvalue weighted by atomic mass is 16.5. The summed E-state index contributed by atoms with van der Waals surface area (Å²) in [5.74, 6) is 1.33. The molecule has 2 heterocycles. The number of methoxy groups -OCH3 is 1. The summed E-state index contributed by atoms with van der Waals surface area (Å²) in [6.07, 6.45) is 2.65. The monoisotopic (exact) mass is 281 g/mol. The van der Waals surface area contributed by atoms with Crippen LogP contribution in [0.1, 0.15) is 10.5 Å². The molecule has 106 valence electrons. The molecule has 3 rings (SSSR count). The highest BCUT2D eigenvalue weighted by molar-refractivity contribution is 5.86. The fourth-order valence-corrected chi connectivity index (χ4v) is 2.38. The van der Waals surface area contributed by atoms with Crippen LogP contribution in [0.3, 0.4) is 0 Å². The van der Waals surface area contributed by atoms with Crippen LogP contribution >= 0.6 is 0 Å². The van der Waals surface area contributed by atoms with Crippen molar-refractivity contribution < 1.29 is 9.53 Å². The Labute approximate surface area is 122 Å². The van der Waals surface area contributed by atoms with Gasteiger partial charge in [0.25, 0.3) is 0 Å². The topological polar surface area (TPSA) is 46.8 Å². The molecule has 0 aliphatic rings. The number of anilines is 2. The maximum atomic E-state index is 11.5. The van der Waals surface area contributed by atoms with E-state index < -0.39 is 0 Å². The summed E-state index contributed by atoms with van der Waals surface area (Å²) >= 11 is 0. The number of nitrogens with zero attached hydrogens (tertiary/aromatic N) is 3. The van der Waals surface area contributed by atoms with Crippen molar-refractivity contribution in [2.24, 2.45) is 0 Å². The average Bonchev–Trinajstić information content (AvgIpc) is 2.92. The van der Waals surface area contributed by atoms with Gasteiger partial charge in [-0.25, -0.2) is 4.98 Å². The van der Waals surface area contributed by atoms with E-state index in [0.717, 1.165) is 23.4 Å². The Bertz CT molecular complexity index is 795. The molecule has 1 aromatic carbocycles. The van der Waals surface area contributed by atoms with E-state index >= 15 is 0 Å². The minimum absolute atomic E-state index is 0.513. The van der Waals surface area contributed by atoms with Gasteiger partial charge < -0.3 is 9.64 Å². The van der Waals surface area contributed by atoms with Gasteiger partial charge in [0.15, 0.2) is 12.1 Å². The number of aldehydes is 1. The van der Waals surface area contributed by atoms with Crippen LogP contribution in [0.4, 0.5) is 11.5 Å². The Balaban J connectivity index is 2.17. The predicted octanol–water partition coefficient (Wildman–Crippen LogP) is 2.92. The fourth-order valence-electron chi connectivity index (χ4n) is 2.38. The Morgan fingerprint density at radius 3 is 2.71 bits per heavy atom. The van der Waals surface area contributed by atoms with E-state index in [9.17, 15) is 4.79 Å². The van der Waals surface area contributed by atoms with E-state index in [0.29, 0.717) is 11.5 Å². The number of imidazole rings is 1. The van der Waals surface area contributed by atoms with Crippen LogP contribution in [0, 0.1) is 0 Å². The molecular weight excluding hydrogens is 266 g/mol. The first-order chi connectivity index (χ1) is 10.3. The smallest absolute Gasteiger partial charge is 0.170 e. The van der Waals surface area contributed by atoms with E-state index in [1.807, 2.05) is 60.6 Å². The van der Waals surface area contributed by atoms with Crippen molar-refractivity contribution in [3.8, 4) is 5.75 Å². The van der Waals surface area contributed by atoms with Crippen LogP contribution < -0.4 is 9.64 Å². The van der Waals surface area contributed by atoms with Gasteiger partial charge >= 0.3 is 0 Å². The molecule has 0 N–H and O–H groups in total. The summed E-state index contributed by atoms with van der Waals surface area (Å²) in [4.78, 5) is 17.9. The number of rotatable bonds is 4. The van der Waals surface area contributed by atoms with Crippen LogP contribution in [-0.4, -0.2) is 29.8 Å². The lowest BCUT2D eigenvalue weighted by Crippen LogP contribution is -2.13. The van der Waals surface area contributed by atoms with E-state index in [2.05, 4.69) is 4.98 Å². The molecule has 2 aromatic heterocycles. The molecule has 0 saturated carbocycles. The highest BCUT2D eigenvalue weighted by Crippen LogP contribution is 2.33. The van der Waals surface area contributed by atoms with Crippen molar-refractivity contribution in [1.82, 2.24) is 9.38 Å². The van der Waals surface area contributed by atoms with Gasteiger partial charge in [0.2, 0.25) is 0 Å². The van der Waals surface area contributed by atoms with Crippen molar-refractivity contribution >= 4 is 23.4 Å². The molecule has 5 heteroatoms. The normalized spacial score (nSPS) is 10.6. The van der Waals surface area contributed by atoms with Crippen molar-refractivity contribution in [2.75, 3.05) is 19.1 Å². The lowest BCUT2D eigenvalue weighted by Gasteiger charge is -2.19. The van der Waals surface area contributed by atoms with Gasteiger partial charge in [0, 0.05) is 13.2 Å². The summed E-state index contributed by atoms with van der Waals surface area (Å²) in [7, 11) is 3.49. The minimum atomic E-state index is 0.513. The average molecular weight is 281 g/mol. The first-order valence-electron chi connectivity index (χ1n) is 6.55. The number of hydrogen-bond acceptors (Lipinski definition) is 4. The molecule has 0 amide bonds. The quantitative estimate of drug-likeness (QED) is 0.690. The molecular formula is C16H15N3O2. The lowest BCUT2D eigenvalue weighted by molar-refractivity contribution is 0.111. The van der Waals surface area contributed by atoms with Gasteiger partial charge in [-0.2, -0.15) is 0 Å². The third-order valence-corrected chi connectivity index (χ3v) is 3.42. The van der Waals surface area contributed by atoms with Gasteiger partial charge in [-0.15, -0.1) is 0 Å². The molecule has 0 atom stereocenters. The van der Waals surface area contributed by atoms with Crippen LogP contribution in [0.2, 0.25) is 0 Å². The largest absolute Gasteiger partial charge is 0.495 e. The highest BCUT2D eigenvalue weighted by Gasteiger charge is 2.18. The third-order valence-electron chi connectivity index (χ3n) is 3.42. The SMILES string of the molecule is COc1ccccc1N(C)c1nc2ccccn2c1C=O. The molecule has 0 radical (unpaired) electrons. The van der Waals surface area contributed by atoms with Crippen molar-refractivity contribution in [3.63, 3.8) is 0 Å². The molecule has 0 bridgehead atoms. The molecule has 0 fully saturated rings. The van der Waals surface area contributed by atoms with Crippen molar-refractivity contribution in [1.29, 1.82) is 0 Å². The number of fused-ring (bicyclic) bond motifs is 1. The number of carbonyl (C=O) groups excluding carboxylic acids is 1. The fraction of sp³-hybridized carbons (Fsp3) is 0.125. The van der Waals surface area contributed by atoms with E-state index in [4.69, 9.17) is 4.74 Å². The first-order valence-corrected chi connectivity index (χ1v) is 6.55. The number of ether oxygens (including phenoxy) is 1. The molecule has 3 aromatic rings. The summed E-state index contributed by atoms with van der Waals surface area (Å²) in [6, 6.07) is 13.3. The minimum Gasteiger partial charge on any atom is -0.495 e. The Kier molecular flexibility index (Phi) is 3.31. The van der Waals surface area contributed by atoms with Crippen molar-refractivity contribution in [3.05, 3.63) is 54.4 Å². The standard InChI is InChI=1S/C16H15N3O2/c1-18(12-7-3-4-8-14(12)21-2)16-13(11-20)19-10-6-5-9-15(19)17-16/h3-11H,1-2H3. The maximum absolute atomic E-state index is 11.5. The van der Waals surface area contributed by atoms with Crippen molar-refractivity contribution in [2.45, 2.75) is 0 Å². The van der Waals surface area contributed by atoms with Gasteiger partial charge in [0.05, 0.1) is 12.8 Å². The number of hydrogen-bond donors (Lipinski definition) is 0. The van der Waals surface area contributed by atoms with Crippen LogP contribution in [0.5, 0.6) is 5.75 Å². The zero-order valence-electron chi connectivity index (χ0n) is 11.9. The zero-order valence-corrected chi connectivity index (χ0v) is 11.9. The van der Waals surface area contributed by atoms with E-state index in [-0.39, 0.29) is 0 Å². The molecule has 0 unspecified atom stereocenters. The molecule has 0 aliphatic carbocycles. The number of benzene rings is 1. The second-order valence-corrected chi connectivity index (χ2v) is 4.60. The summed E-state index contributed by atoms with van der Waals surface area (Å²) in [5, 5.41) is 0. The number of aromatic nitrogens is 2. The molecule has 0 aliphatic heterocycles. The van der Waals surface area contributed by atoms with Crippen LogP contribution in [-0.2, 0) is 0 Å². The summed E-state index contributed by atoms with van der Waals surface area (Å²) < 4.78 is 7.14. The van der Waals surface area contributed by atoms with Gasteiger partial charge in [-0.05, 0) is 24.3 Å². The Hall–Kier alpha value is -2.82. The Morgan fingerprint density at radius 2 is 1.95 bits per heavy atom. The number of carbonyl (C=O) groups is 1. The molecule has 21 heavy (non-hydrogen) atoms. The third kappa shape index (κ3) is 2.12. The van der Waals surface area contributed by atoms with Crippen LogP contribution in [0.25, 0.3) is 5.65 Å². The molecule has 5 nitrogen and oxygen atoms in total. The molecule has 0 saturated heterocycles. The predicted molar refractivity (Wildman–Crippen MR) is 81.6 cm³/mol.